The number of halogens is 1. The van der Waals surface area contributed by atoms with Crippen molar-refractivity contribution in [3.05, 3.63) is 0 Å². The first-order valence-electron chi connectivity index (χ1n) is 1.87. The molecule has 1 unspecified atom stereocenters. The van der Waals surface area contributed by atoms with E-state index in [0.717, 1.165) is 6.42 Å². The summed E-state index contributed by atoms with van der Waals surface area (Å²) in [4.78, 5) is 0. The maximum absolute atomic E-state index is 9.96. The maximum atomic E-state index is 9.96. The predicted molar refractivity (Wildman–Crippen MR) is 28.6 cm³/mol. The minimum absolute atomic E-state index is 0.650. The van der Waals surface area contributed by atoms with E-state index in [2.05, 4.69) is 0 Å². The minimum atomic E-state index is -1.38. The molecule has 0 saturated heterocycles. The molecule has 1 atom stereocenters. The average molecular weight is 126 g/mol. The Morgan fingerprint density at radius 1 is 1.83 bits per heavy atom. The van der Waals surface area contributed by atoms with Crippen LogP contribution in [-0.2, 0) is 4.57 Å². The number of rotatable bonds is 2. The van der Waals surface area contributed by atoms with Crippen molar-refractivity contribution in [2.75, 3.05) is 6.16 Å². The van der Waals surface area contributed by atoms with Crippen LogP contribution in [0.15, 0.2) is 0 Å². The van der Waals surface area contributed by atoms with Gasteiger partial charge in [-0.05, 0) is 6.42 Å². The highest BCUT2D eigenvalue weighted by Crippen LogP contribution is 2.26. The molecule has 0 aliphatic heterocycles. The Balaban J connectivity index is 2.83. The first kappa shape index (κ1) is 6.39. The summed E-state index contributed by atoms with van der Waals surface area (Å²) in [6.07, 6.45) is 1.57. The van der Waals surface area contributed by atoms with Gasteiger partial charge >= 0.3 is 7.15 Å². The molecular formula is C3H7ClOP+. The van der Waals surface area contributed by atoms with Crippen LogP contribution in [0.2, 0.25) is 0 Å². The molecule has 0 aromatic carbocycles. The van der Waals surface area contributed by atoms with Crippen molar-refractivity contribution < 1.29 is 4.57 Å². The van der Waals surface area contributed by atoms with Crippen LogP contribution in [-0.4, -0.2) is 6.16 Å². The van der Waals surface area contributed by atoms with Crippen molar-refractivity contribution in [1.82, 2.24) is 0 Å². The molecule has 0 amide bonds. The second-order valence-electron chi connectivity index (χ2n) is 1.04. The molecule has 0 aliphatic carbocycles. The van der Waals surface area contributed by atoms with Gasteiger partial charge in [0.05, 0.1) is 0 Å². The van der Waals surface area contributed by atoms with Gasteiger partial charge in [0.1, 0.15) is 0 Å². The Kier molecular flexibility index (Phi) is 3.81. The van der Waals surface area contributed by atoms with Crippen molar-refractivity contribution in [3.63, 3.8) is 0 Å². The Morgan fingerprint density at radius 3 is 2.33 bits per heavy atom. The molecule has 6 heavy (non-hydrogen) atoms. The van der Waals surface area contributed by atoms with Gasteiger partial charge in [0, 0.05) is 0 Å². The maximum Gasteiger partial charge on any atom is 0.454 e. The molecule has 0 aromatic rings. The molecule has 0 aliphatic rings. The van der Waals surface area contributed by atoms with Gasteiger partial charge in [0.15, 0.2) is 6.16 Å². The molecule has 0 bridgehead atoms. The summed E-state index contributed by atoms with van der Waals surface area (Å²) >= 11 is 5.09. The molecule has 0 saturated carbocycles. The highest BCUT2D eigenvalue weighted by atomic mass is 35.7. The van der Waals surface area contributed by atoms with E-state index >= 15 is 0 Å². The third kappa shape index (κ3) is 4.39. The minimum Gasteiger partial charge on any atom is -0.0613 e. The van der Waals surface area contributed by atoms with Crippen molar-refractivity contribution in [2.24, 2.45) is 0 Å². The normalized spacial score (nSPS) is 11.3. The van der Waals surface area contributed by atoms with Gasteiger partial charge in [-0.15, -0.1) is 0 Å². The lowest BCUT2D eigenvalue weighted by atomic mass is 10.6. The van der Waals surface area contributed by atoms with E-state index in [0.29, 0.717) is 6.16 Å². The standard InChI is InChI=1S/C3H7ClOP/c1-2-3-6(4)5/h2-3H2,1H3/q+1. The van der Waals surface area contributed by atoms with E-state index in [9.17, 15) is 4.57 Å². The monoisotopic (exact) mass is 125 g/mol. The summed E-state index contributed by atoms with van der Waals surface area (Å²) in [6, 6.07) is 0. The van der Waals surface area contributed by atoms with E-state index in [1.54, 1.807) is 0 Å². The van der Waals surface area contributed by atoms with E-state index in [1.165, 1.54) is 0 Å². The molecule has 3 heteroatoms. The highest BCUT2D eigenvalue weighted by Gasteiger charge is 2.04. The Morgan fingerprint density at radius 2 is 2.33 bits per heavy atom. The second-order valence-corrected chi connectivity index (χ2v) is 3.25. The van der Waals surface area contributed by atoms with Crippen LogP contribution in [0.4, 0.5) is 0 Å². The first-order chi connectivity index (χ1) is 2.77. The quantitative estimate of drug-likeness (QED) is 0.518. The van der Waals surface area contributed by atoms with E-state index in [4.69, 9.17) is 11.2 Å². The van der Waals surface area contributed by atoms with Gasteiger partial charge in [-0.25, -0.2) is 0 Å². The molecular weight excluding hydrogens is 118 g/mol. The van der Waals surface area contributed by atoms with Crippen molar-refractivity contribution >= 4 is 18.4 Å². The summed E-state index contributed by atoms with van der Waals surface area (Å²) in [5.74, 6) is 0. The van der Waals surface area contributed by atoms with Crippen LogP contribution in [0.1, 0.15) is 13.3 Å². The van der Waals surface area contributed by atoms with E-state index in [1.807, 2.05) is 6.92 Å². The molecule has 0 N–H and O–H groups in total. The lowest BCUT2D eigenvalue weighted by molar-refractivity contribution is 0.595. The van der Waals surface area contributed by atoms with Crippen LogP contribution < -0.4 is 0 Å². The Hall–Kier alpha value is 0.390. The lowest BCUT2D eigenvalue weighted by Gasteiger charge is -1.64. The van der Waals surface area contributed by atoms with Gasteiger partial charge in [-0.1, -0.05) is 11.5 Å². The molecule has 0 heterocycles. The SMILES string of the molecule is CCC[P+](=O)Cl. The van der Waals surface area contributed by atoms with Crippen LogP contribution in [0, 0.1) is 0 Å². The van der Waals surface area contributed by atoms with E-state index in [-0.39, 0.29) is 0 Å². The zero-order valence-electron chi connectivity index (χ0n) is 3.65. The fraction of sp³-hybridized carbons (Fsp3) is 1.00. The van der Waals surface area contributed by atoms with Crippen LogP contribution in [0.25, 0.3) is 0 Å². The molecule has 0 rings (SSSR count). The fourth-order valence-electron chi connectivity index (χ4n) is 0.176. The summed E-state index contributed by atoms with van der Waals surface area (Å²) in [5.41, 5.74) is 0. The van der Waals surface area contributed by atoms with E-state index < -0.39 is 7.15 Å². The zero-order chi connectivity index (χ0) is 4.99. The smallest absolute Gasteiger partial charge is 0.0613 e. The lowest BCUT2D eigenvalue weighted by Crippen LogP contribution is -1.62. The van der Waals surface area contributed by atoms with Crippen LogP contribution in [0.3, 0.4) is 0 Å². The molecule has 0 spiro atoms. The summed E-state index contributed by atoms with van der Waals surface area (Å²) in [6.45, 7) is 1.95. The molecule has 0 fully saturated rings. The third-order valence-corrected chi connectivity index (χ3v) is 1.71. The molecule has 0 radical (unpaired) electrons. The van der Waals surface area contributed by atoms with Gasteiger partial charge in [-0.3, -0.25) is 0 Å². The van der Waals surface area contributed by atoms with Crippen molar-refractivity contribution in [2.45, 2.75) is 13.3 Å². The molecule has 0 aromatic heterocycles. The summed E-state index contributed by atoms with van der Waals surface area (Å²) in [7, 11) is -1.38. The topological polar surface area (TPSA) is 17.1 Å². The summed E-state index contributed by atoms with van der Waals surface area (Å²) < 4.78 is 9.96. The molecule has 1 nitrogen and oxygen atoms in total. The average Bonchev–Trinajstić information content (AvgIpc) is 1.35. The molecule has 36 valence electrons. The van der Waals surface area contributed by atoms with Gasteiger partial charge < -0.3 is 0 Å². The number of hydrogen-bond acceptors (Lipinski definition) is 1. The second kappa shape index (κ2) is 3.58. The predicted octanol–water partition coefficient (Wildman–Crippen LogP) is 2.38. The Labute approximate surface area is 43.3 Å². The van der Waals surface area contributed by atoms with Gasteiger partial charge in [-0.2, -0.15) is 0 Å². The third-order valence-electron chi connectivity index (χ3n) is 0.399. The van der Waals surface area contributed by atoms with Gasteiger partial charge in [0.25, 0.3) is 0 Å². The van der Waals surface area contributed by atoms with Crippen molar-refractivity contribution in [3.8, 4) is 0 Å². The number of hydrogen-bond donors (Lipinski definition) is 0. The highest BCUT2D eigenvalue weighted by molar-refractivity contribution is 7.73. The summed E-state index contributed by atoms with van der Waals surface area (Å²) in [5, 5.41) is 0. The van der Waals surface area contributed by atoms with Gasteiger partial charge in [0.2, 0.25) is 11.2 Å². The van der Waals surface area contributed by atoms with Crippen LogP contribution in [0.5, 0.6) is 0 Å². The Bertz CT molecular complexity index is 54.8. The van der Waals surface area contributed by atoms with Crippen LogP contribution >= 0.6 is 18.4 Å². The fourth-order valence-corrected chi connectivity index (χ4v) is 1.03. The zero-order valence-corrected chi connectivity index (χ0v) is 5.30. The largest absolute Gasteiger partial charge is 0.454 e. The first-order valence-corrected chi connectivity index (χ1v) is 4.22. The van der Waals surface area contributed by atoms with Crippen molar-refractivity contribution in [1.29, 1.82) is 0 Å².